The van der Waals surface area contributed by atoms with Crippen molar-refractivity contribution in [1.82, 2.24) is 10.2 Å². The average molecular weight is 146 g/mol. The number of nitrogens with zero attached hydrogens (tertiary/aromatic N) is 1. The van der Waals surface area contributed by atoms with E-state index in [1.165, 1.54) is 0 Å². The van der Waals surface area contributed by atoms with Crippen molar-refractivity contribution in [1.29, 1.82) is 0 Å². The third kappa shape index (κ3) is 1.67. The molecule has 0 aromatic rings. The van der Waals surface area contributed by atoms with Crippen LogP contribution >= 0.6 is 0 Å². The summed E-state index contributed by atoms with van der Waals surface area (Å²) in [7, 11) is 3.78. The highest BCUT2D eigenvalue weighted by Gasteiger charge is 2.25. The number of halogens is 1. The topological polar surface area (TPSA) is 15.3 Å². The Morgan fingerprint density at radius 1 is 1.60 bits per heavy atom. The summed E-state index contributed by atoms with van der Waals surface area (Å²) in [5.74, 6) is 0. The molecule has 1 heterocycles. The van der Waals surface area contributed by atoms with Crippen molar-refractivity contribution in [3.63, 3.8) is 0 Å². The van der Waals surface area contributed by atoms with Crippen LogP contribution < -0.4 is 5.32 Å². The van der Waals surface area contributed by atoms with Crippen LogP contribution in [0, 0.1) is 0 Å². The first-order valence-electron chi connectivity index (χ1n) is 3.74. The standard InChI is InChI=1S/C7H15FN2/c1-9-7-3-4-10(2)5-6(7)8/h6-7,9H,3-5H2,1-2H3/t6-,7-/m0/s1. The zero-order valence-corrected chi connectivity index (χ0v) is 6.60. The average Bonchev–Trinajstić information content (AvgIpc) is 1.88. The minimum Gasteiger partial charge on any atom is -0.314 e. The Bertz CT molecular complexity index is 108. The van der Waals surface area contributed by atoms with Gasteiger partial charge >= 0.3 is 0 Å². The minimum absolute atomic E-state index is 0.0798. The highest BCUT2D eigenvalue weighted by Crippen LogP contribution is 2.11. The van der Waals surface area contributed by atoms with Crippen LogP contribution in [0.3, 0.4) is 0 Å². The second-order valence-electron chi connectivity index (χ2n) is 2.96. The molecule has 0 aromatic carbocycles. The zero-order valence-electron chi connectivity index (χ0n) is 6.60. The van der Waals surface area contributed by atoms with Crippen molar-refractivity contribution >= 4 is 0 Å². The molecule has 0 aromatic heterocycles. The normalized spacial score (nSPS) is 36.3. The Morgan fingerprint density at radius 3 is 2.80 bits per heavy atom. The van der Waals surface area contributed by atoms with E-state index in [4.69, 9.17) is 0 Å². The summed E-state index contributed by atoms with van der Waals surface area (Å²) in [5.41, 5.74) is 0. The molecule has 1 rings (SSSR count). The molecular weight excluding hydrogens is 131 g/mol. The molecule has 60 valence electrons. The first kappa shape index (κ1) is 7.95. The minimum atomic E-state index is -0.691. The van der Waals surface area contributed by atoms with Gasteiger partial charge in [0, 0.05) is 12.6 Å². The molecule has 3 heteroatoms. The maximum absolute atomic E-state index is 13.0. The summed E-state index contributed by atoms with van der Waals surface area (Å²) in [6, 6.07) is 0.0798. The number of hydrogen-bond donors (Lipinski definition) is 1. The number of nitrogens with one attached hydrogen (secondary N) is 1. The third-order valence-electron chi connectivity index (χ3n) is 2.12. The lowest BCUT2D eigenvalue weighted by Crippen LogP contribution is -2.48. The fourth-order valence-corrected chi connectivity index (χ4v) is 1.38. The van der Waals surface area contributed by atoms with Gasteiger partial charge in [0.15, 0.2) is 0 Å². The zero-order chi connectivity index (χ0) is 7.56. The number of rotatable bonds is 1. The van der Waals surface area contributed by atoms with E-state index in [0.29, 0.717) is 6.54 Å². The van der Waals surface area contributed by atoms with E-state index in [2.05, 4.69) is 5.32 Å². The molecule has 0 bridgehead atoms. The van der Waals surface area contributed by atoms with E-state index in [-0.39, 0.29) is 6.04 Å². The maximum Gasteiger partial charge on any atom is 0.128 e. The molecule has 0 radical (unpaired) electrons. The summed E-state index contributed by atoms with van der Waals surface area (Å²) in [6.45, 7) is 1.58. The molecule has 0 amide bonds. The first-order valence-corrected chi connectivity index (χ1v) is 3.74. The summed E-state index contributed by atoms with van der Waals surface area (Å²) >= 11 is 0. The van der Waals surface area contributed by atoms with Crippen LogP contribution in [-0.4, -0.2) is 44.3 Å². The van der Waals surface area contributed by atoms with Crippen molar-refractivity contribution in [3.05, 3.63) is 0 Å². The SMILES string of the molecule is CN[C@H]1CCN(C)C[C@@H]1F. The Labute approximate surface area is 61.4 Å². The second-order valence-corrected chi connectivity index (χ2v) is 2.96. The van der Waals surface area contributed by atoms with Gasteiger partial charge in [-0.2, -0.15) is 0 Å². The van der Waals surface area contributed by atoms with Gasteiger partial charge in [-0.05, 0) is 27.1 Å². The molecule has 1 aliphatic heterocycles. The van der Waals surface area contributed by atoms with Crippen LogP contribution in [-0.2, 0) is 0 Å². The van der Waals surface area contributed by atoms with Crippen LogP contribution in [0.5, 0.6) is 0 Å². The molecular formula is C7H15FN2. The molecule has 2 atom stereocenters. The van der Waals surface area contributed by atoms with Crippen LogP contribution in [0.1, 0.15) is 6.42 Å². The van der Waals surface area contributed by atoms with Crippen LogP contribution in [0.4, 0.5) is 4.39 Å². The van der Waals surface area contributed by atoms with Crippen molar-refractivity contribution in [2.45, 2.75) is 18.6 Å². The van der Waals surface area contributed by atoms with Gasteiger partial charge in [0.05, 0.1) is 0 Å². The Hall–Kier alpha value is -0.150. The quantitative estimate of drug-likeness (QED) is 0.570. The van der Waals surface area contributed by atoms with Crippen molar-refractivity contribution < 1.29 is 4.39 Å². The van der Waals surface area contributed by atoms with Gasteiger partial charge in [0.1, 0.15) is 6.17 Å². The second kappa shape index (κ2) is 3.30. The van der Waals surface area contributed by atoms with E-state index < -0.39 is 6.17 Å². The Kier molecular flexibility index (Phi) is 2.63. The van der Waals surface area contributed by atoms with E-state index in [9.17, 15) is 4.39 Å². The van der Waals surface area contributed by atoms with Gasteiger partial charge in [-0.25, -0.2) is 4.39 Å². The van der Waals surface area contributed by atoms with Gasteiger partial charge in [0.25, 0.3) is 0 Å². The summed E-state index contributed by atoms with van der Waals surface area (Å²) in [5, 5.41) is 2.97. The summed E-state index contributed by atoms with van der Waals surface area (Å²) < 4.78 is 13.0. The molecule has 1 fully saturated rings. The lowest BCUT2D eigenvalue weighted by molar-refractivity contribution is 0.127. The van der Waals surface area contributed by atoms with Gasteiger partial charge < -0.3 is 10.2 Å². The molecule has 1 aliphatic rings. The Balaban J connectivity index is 2.36. The number of likely N-dealkylation sites (tertiary alicyclic amines) is 1. The monoisotopic (exact) mass is 146 g/mol. The number of piperidine rings is 1. The highest BCUT2D eigenvalue weighted by molar-refractivity contribution is 4.82. The molecule has 0 spiro atoms. The summed E-state index contributed by atoms with van der Waals surface area (Å²) in [4.78, 5) is 2.03. The summed E-state index contributed by atoms with van der Waals surface area (Å²) in [6.07, 6.45) is 0.234. The molecule has 2 nitrogen and oxygen atoms in total. The lowest BCUT2D eigenvalue weighted by atomic mass is 10.0. The van der Waals surface area contributed by atoms with Crippen molar-refractivity contribution in [3.8, 4) is 0 Å². The van der Waals surface area contributed by atoms with Gasteiger partial charge in [0.2, 0.25) is 0 Å². The smallest absolute Gasteiger partial charge is 0.128 e. The predicted molar refractivity (Wildman–Crippen MR) is 39.9 cm³/mol. The van der Waals surface area contributed by atoms with E-state index in [1.54, 1.807) is 0 Å². The molecule has 10 heavy (non-hydrogen) atoms. The van der Waals surface area contributed by atoms with Crippen LogP contribution in [0.15, 0.2) is 0 Å². The lowest BCUT2D eigenvalue weighted by Gasteiger charge is -2.31. The molecule has 1 saturated heterocycles. The maximum atomic E-state index is 13.0. The third-order valence-corrected chi connectivity index (χ3v) is 2.12. The van der Waals surface area contributed by atoms with Crippen LogP contribution in [0.25, 0.3) is 0 Å². The van der Waals surface area contributed by atoms with Gasteiger partial charge in [-0.3, -0.25) is 0 Å². The first-order chi connectivity index (χ1) is 4.74. The van der Waals surface area contributed by atoms with Crippen molar-refractivity contribution in [2.75, 3.05) is 27.2 Å². The molecule has 0 unspecified atom stereocenters. The highest BCUT2D eigenvalue weighted by atomic mass is 19.1. The Morgan fingerprint density at radius 2 is 2.30 bits per heavy atom. The van der Waals surface area contributed by atoms with E-state index in [0.717, 1.165) is 13.0 Å². The molecule has 0 saturated carbocycles. The fraction of sp³-hybridized carbons (Fsp3) is 1.00. The van der Waals surface area contributed by atoms with E-state index in [1.807, 2.05) is 19.0 Å². The number of alkyl halides is 1. The predicted octanol–water partition coefficient (Wildman–Crippen LogP) is 0.248. The van der Waals surface area contributed by atoms with Crippen LogP contribution in [0.2, 0.25) is 0 Å². The largest absolute Gasteiger partial charge is 0.314 e. The van der Waals surface area contributed by atoms with Crippen molar-refractivity contribution in [2.24, 2.45) is 0 Å². The fourth-order valence-electron chi connectivity index (χ4n) is 1.38. The number of hydrogen-bond acceptors (Lipinski definition) is 2. The molecule has 0 aliphatic carbocycles. The van der Waals surface area contributed by atoms with E-state index >= 15 is 0 Å². The van der Waals surface area contributed by atoms with Gasteiger partial charge in [-0.1, -0.05) is 0 Å². The van der Waals surface area contributed by atoms with Gasteiger partial charge in [-0.15, -0.1) is 0 Å². The molecule has 1 N–H and O–H groups in total.